The summed E-state index contributed by atoms with van der Waals surface area (Å²) >= 11 is 0. The Morgan fingerprint density at radius 1 is 1.17 bits per heavy atom. The van der Waals surface area contributed by atoms with Gasteiger partial charge in [0, 0.05) is 11.6 Å². The molecule has 0 saturated carbocycles. The highest BCUT2D eigenvalue weighted by atomic mass is 16.5. The summed E-state index contributed by atoms with van der Waals surface area (Å²) in [6.07, 6.45) is 0. The number of ether oxygens (including phenoxy) is 1. The Morgan fingerprint density at radius 2 is 1.78 bits per heavy atom. The SMILES string of the molecule is CCOC(=O)CN(C(=O)c1cc(C)cc(C(C)(C)C)c1)C(C)C. The number of nitrogens with zero attached hydrogens (tertiary/aromatic N) is 1. The number of hydrogen-bond donors (Lipinski definition) is 0. The highest BCUT2D eigenvalue weighted by Gasteiger charge is 2.24. The van der Waals surface area contributed by atoms with Crippen LogP contribution in [0.4, 0.5) is 0 Å². The molecule has 1 aromatic rings. The lowest BCUT2D eigenvalue weighted by atomic mass is 9.85. The van der Waals surface area contributed by atoms with Gasteiger partial charge in [-0.25, -0.2) is 0 Å². The summed E-state index contributed by atoms with van der Waals surface area (Å²) in [6.45, 7) is 14.2. The second kappa shape index (κ2) is 7.62. The first-order valence-electron chi connectivity index (χ1n) is 8.15. The highest BCUT2D eigenvalue weighted by molar-refractivity contribution is 5.96. The molecule has 1 aromatic carbocycles. The standard InChI is InChI=1S/C19H29NO3/c1-8-23-17(21)12-20(13(2)3)18(22)15-9-14(4)10-16(11-15)19(5,6)7/h9-11,13H,8,12H2,1-7H3. The van der Waals surface area contributed by atoms with Crippen LogP contribution in [0.5, 0.6) is 0 Å². The lowest BCUT2D eigenvalue weighted by Gasteiger charge is -2.27. The smallest absolute Gasteiger partial charge is 0.325 e. The molecule has 0 heterocycles. The molecule has 0 aromatic heterocycles. The molecule has 0 fully saturated rings. The van der Waals surface area contributed by atoms with E-state index in [1.54, 1.807) is 11.8 Å². The van der Waals surface area contributed by atoms with E-state index in [-0.39, 0.29) is 29.9 Å². The first kappa shape index (κ1) is 19.2. The van der Waals surface area contributed by atoms with Gasteiger partial charge in [-0.15, -0.1) is 0 Å². The second-order valence-electron chi connectivity index (χ2n) is 7.17. The maximum absolute atomic E-state index is 12.9. The molecule has 0 unspecified atom stereocenters. The molecule has 23 heavy (non-hydrogen) atoms. The Bertz CT molecular complexity index is 570. The average molecular weight is 319 g/mol. The van der Waals surface area contributed by atoms with E-state index in [4.69, 9.17) is 4.74 Å². The Morgan fingerprint density at radius 3 is 2.26 bits per heavy atom. The summed E-state index contributed by atoms with van der Waals surface area (Å²) in [5.74, 6) is -0.513. The summed E-state index contributed by atoms with van der Waals surface area (Å²) in [4.78, 5) is 26.2. The minimum atomic E-state index is -0.377. The summed E-state index contributed by atoms with van der Waals surface area (Å²) < 4.78 is 4.98. The van der Waals surface area contributed by atoms with Crippen molar-refractivity contribution in [1.29, 1.82) is 0 Å². The Kier molecular flexibility index (Phi) is 6.37. The van der Waals surface area contributed by atoms with E-state index in [0.29, 0.717) is 12.2 Å². The number of amides is 1. The van der Waals surface area contributed by atoms with Crippen molar-refractivity contribution in [3.05, 3.63) is 34.9 Å². The molecule has 1 rings (SSSR count). The zero-order chi connectivity index (χ0) is 17.8. The van der Waals surface area contributed by atoms with E-state index in [0.717, 1.165) is 11.1 Å². The second-order valence-corrected chi connectivity index (χ2v) is 7.17. The van der Waals surface area contributed by atoms with Gasteiger partial charge in [0.15, 0.2) is 0 Å². The van der Waals surface area contributed by atoms with Crippen molar-refractivity contribution in [2.45, 2.75) is 59.9 Å². The van der Waals surface area contributed by atoms with E-state index in [2.05, 4.69) is 26.8 Å². The van der Waals surface area contributed by atoms with Gasteiger partial charge < -0.3 is 9.64 Å². The summed E-state index contributed by atoms with van der Waals surface area (Å²) in [5, 5.41) is 0. The highest BCUT2D eigenvalue weighted by Crippen LogP contribution is 2.25. The number of carbonyl (C=O) groups excluding carboxylic acids is 2. The fraction of sp³-hybridized carbons (Fsp3) is 0.579. The Balaban J connectivity index is 3.14. The van der Waals surface area contributed by atoms with Gasteiger partial charge in [-0.3, -0.25) is 9.59 Å². The maximum Gasteiger partial charge on any atom is 0.325 e. The topological polar surface area (TPSA) is 46.6 Å². The van der Waals surface area contributed by atoms with Gasteiger partial charge in [0.25, 0.3) is 5.91 Å². The molecule has 4 heteroatoms. The van der Waals surface area contributed by atoms with Gasteiger partial charge in [0.2, 0.25) is 0 Å². The predicted octanol–water partition coefficient (Wildman–Crippen LogP) is 3.71. The van der Waals surface area contributed by atoms with Crippen LogP contribution in [0.15, 0.2) is 18.2 Å². The lowest BCUT2D eigenvalue weighted by molar-refractivity contribution is -0.144. The van der Waals surface area contributed by atoms with Crippen molar-refractivity contribution in [2.24, 2.45) is 0 Å². The van der Waals surface area contributed by atoms with Crippen LogP contribution in [0.3, 0.4) is 0 Å². The number of esters is 1. The first-order valence-corrected chi connectivity index (χ1v) is 8.15. The van der Waals surface area contributed by atoms with E-state index < -0.39 is 0 Å². The number of carbonyl (C=O) groups is 2. The third-order valence-corrected chi connectivity index (χ3v) is 3.68. The van der Waals surface area contributed by atoms with E-state index >= 15 is 0 Å². The molecule has 0 saturated heterocycles. The van der Waals surface area contributed by atoms with Gasteiger partial charge in [0.05, 0.1) is 6.61 Å². The minimum Gasteiger partial charge on any atom is -0.465 e. The normalized spacial score (nSPS) is 11.5. The van der Waals surface area contributed by atoms with Crippen LogP contribution < -0.4 is 0 Å². The van der Waals surface area contributed by atoms with Crippen molar-refractivity contribution in [2.75, 3.05) is 13.2 Å². The quantitative estimate of drug-likeness (QED) is 0.777. The number of aryl methyl sites for hydroxylation is 1. The van der Waals surface area contributed by atoms with Crippen molar-refractivity contribution >= 4 is 11.9 Å². The third kappa shape index (κ3) is 5.38. The van der Waals surface area contributed by atoms with Gasteiger partial charge in [-0.2, -0.15) is 0 Å². The minimum absolute atomic E-state index is 0.0247. The van der Waals surface area contributed by atoms with E-state index in [1.807, 2.05) is 32.9 Å². The van der Waals surface area contributed by atoms with Crippen LogP contribution in [0.25, 0.3) is 0 Å². The summed E-state index contributed by atoms with van der Waals surface area (Å²) in [5.41, 5.74) is 2.74. The van der Waals surface area contributed by atoms with Crippen molar-refractivity contribution < 1.29 is 14.3 Å². The van der Waals surface area contributed by atoms with Gasteiger partial charge >= 0.3 is 5.97 Å². The fourth-order valence-electron chi connectivity index (χ4n) is 2.34. The van der Waals surface area contributed by atoms with Crippen LogP contribution in [0.1, 0.15) is 63.0 Å². The third-order valence-electron chi connectivity index (χ3n) is 3.68. The monoisotopic (exact) mass is 319 g/mol. The molecule has 4 nitrogen and oxygen atoms in total. The molecular formula is C19H29NO3. The summed E-state index contributed by atoms with van der Waals surface area (Å²) in [6, 6.07) is 5.82. The lowest BCUT2D eigenvalue weighted by Crippen LogP contribution is -2.41. The van der Waals surface area contributed by atoms with Crippen LogP contribution >= 0.6 is 0 Å². The van der Waals surface area contributed by atoms with E-state index in [1.165, 1.54) is 0 Å². The molecule has 0 bridgehead atoms. The van der Waals surface area contributed by atoms with Crippen LogP contribution in [-0.2, 0) is 14.9 Å². The molecule has 0 aliphatic heterocycles. The maximum atomic E-state index is 12.9. The van der Waals surface area contributed by atoms with Crippen LogP contribution in [0.2, 0.25) is 0 Å². The van der Waals surface area contributed by atoms with Crippen molar-refractivity contribution in [3.8, 4) is 0 Å². The van der Waals surface area contributed by atoms with E-state index in [9.17, 15) is 9.59 Å². The molecule has 0 radical (unpaired) electrons. The number of rotatable bonds is 5. The van der Waals surface area contributed by atoms with Crippen molar-refractivity contribution in [1.82, 2.24) is 4.90 Å². The molecule has 0 aliphatic carbocycles. The molecular weight excluding hydrogens is 290 g/mol. The fourth-order valence-corrected chi connectivity index (χ4v) is 2.34. The largest absolute Gasteiger partial charge is 0.465 e. The van der Waals surface area contributed by atoms with Gasteiger partial charge in [-0.1, -0.05) is 32.4 Å². The van der Waals surface area contributed by atoms with Crippen LogP contribution in [0, 0.1) is 6.92 Å². The molecule has 0 spiro atoms. The number of benzene rings is 1. The van der Waals surface area contributed by atoms with Gasteiger partial charge in [-0.05, 0) is 50.8 Å². The van der Waals surface area contributed by atoms with Crippen LogP contribution in [-0.4, -0.2) is 36.0 Å². The molecule has 0 aliphatic rings. The summed E-state index contributed by atoms with van der Waals surface area (Å²) in [7, 11) is 0. The molecule has 0 atom stereocenters. The predicted molar refractivity (Wildman–Crippen MR) is 92.7 cm³/mol. The molecule has 0 N–H and O–H groups in total. The molecule has 128 valence electrons. The van der Waals surface area contributed by atoms with Gasteiger partial charge in [0.1, 0.15) is 6.54 Å². The first-order chi connectivity index (χ1) is 10.6. The van der Waals surface area contributed by atoms with Crippen molar-refractivity contribution in [3.63, 3.8) is 0 Å². The Labute approximate surface area is 139 Å². The number of hydrogen-bond acceptors (Lipinski definition) is 3. The Hall–Kier alpha value is -1.84. The molecule has 1 amide bonds. The zero-order valence-corrected chi connectivity index (χ0v) is 15.4. The zero-order valence-electron chi connectivity index (χ0n) is 15.4. The average Bonchev–Trinajstić information content (AvgIpc) is 2.42.